The molecule has 0 spiro atoms. The minimum absolute atomic E-state index is 0.303. The zero-order chi connectivity index (χ0) is 14.0. The second kappa shape index (κ2) is 6.46. The van der Waals surface area contributed by atoms with Gasteiger partial charge in [-0.1, -0.05) is 23.2 Å². The van der Waals surface area contributed by atoms with Crippen LogP contribution in [0.15, 0.2) is 27.4 Å². The van der Waals surface area contributed by atoms with Gasteiger partial charge in [0, 0.05) is 11.1 Å². The summed E-state index contributed by atoms with van der Waals surface area (Å²) in [5, 5.41) is 3.07. The van der Waals surface area contributed by atoms with Gasteiger partial charge in [-0.2, -0.15) is 0 Å². The first-order valence-corrected chi connectivity index (χ1v) is 8.07. The van der Waals surface area contributed by atoms with Crippen molar-refractivity contribution in [2.45, 2.75) is 13.0 Å². The Bertz CT molecular complexity index is 588. The monoisotopic (exact) mass is 379 g/mol. The summed E-state index contributed by atoms with van der Waals surface area (Å²) in [5.74, 6) is 0.580. The predicted octanol–water partition coefficient (Wildman–Crippen LogP) is 5.26. The fourth-order valence-electron chi connectivity index (χ4n) is 1.71. The minimum Gasteiger partial charge on any atom is -0.492 e. The van der Waals surface area contributed by atoms with E-state index in [-0.39, 0.29) is 6.04 Å². The molecule has 0 amide bonds. The van der Waals surface area contributed by atoms with E-state index in [4.69, 9.17) is 33.7 Å². The second-order valence-electron chi connectivity index (χ2n) is 3.90. The SMILES string of the molecule is CCOc1cc(Cl)c(C(N)c2csc(Br)c2)cc1Cl. The molecule has 2 nitrogen and oxygen atoms in total. The Kier molecular flexibility index (Phi) is 5.15. The molecule has 0 saturated carbocycles. The van der Waals surface area contributed by atoms with Crippen LogP contribution in [0.4, 0.5) is 0 Å². The molecule has 19 heavy (non-hydrogen) atoms. The molecule has 2 N–H and O–H groups in total. The highest BCUT2D eigenvalue weighted by molar-refractivity contribution is 9.11. The summed E-state index contributed by atoms with van der Waals surface area (Å²) in [7, 11) is 0. The topological polar surface area (TPSA) is 35.2 Å². The highest BCUT2D eigenvalue weighted by Crippen LogP contribution is 2.36. The maximum atomic E-state index is 6.26. The molecule has 0 fully saturated rings. The first-order chi connectivity index (χ1) is 9.02. The molecular weight excluding hydrogens is 369 g/mol. The molecule has 1 aromatic heterocycles. The lowest BCUT2D eigenvalue weighted by Gasteiger charge is -2.15. The van der Waals surface area contributed by atoms with Gasteiger partial charge in [0.05, 0.1) is 21.5 Å². The van der Waals surface area contributed by atoms with Gasteiger partial charge in [-0.05, 0) is 51.5 Å². The average Bonchev–Trinajstić information content (AvgIpc) is 2.79. The number of halogens is 3. The molecule has 1 unspecified atom stereocenters. The Morgan fingerprint density at radius 2 is 2.05 bits per heavy atom. The van der Waals surface area contributed by atoms with E-state index in [1.165, 1.54) is 0 Å². The molecule has 0 aliphatic carbocycles. The Morgan fingerprint density at radius 3 is 2.63 bits per heavy atom. The second-order valence-corrected chi connectivity index (χ2v) is 7.00. The van der Waals surface area contributed by atoms with Crippen LogP contribution >= 0.6 is 50.5 Å². The van der Waals surface area contributed by atoms with Crippen molar-refractivity contribution in [1.82, 2.24) is 0 Å². The summed E-state index contributed by atoms with van der Waals surface area (Å²) in [6, 6.07) is 5.16. The lowest BCUT2D eigenvalue weighted by atomic mass is 10.0. The molecule has 2 rings (SSSR count). The largest absolute Gasteiger partial charge is 0.492 e. The Morgan fingerprint density at radius 1 is 1.32 bits per heavy atom. The van der Waals surface area contributed by atoms with Gasteiger partial charge in [0.1, 0.15) is 5.75 Å². The predicted molar refractivity (Wildman–Crippen MR) is 85.7 cm³/mol. The highest BCUT2D eigenvalue weighted by Gasteiger charge is 2.17. The number of thiophene rings is 1. The van der Waals surface area contributed by atoms with Crippen molar-refractivity contribution in [3.63, 3.8) is 0 Å². The van der Waals surface area contributed by atoms with Gasteiger partial charge in [0.2, 0.25) is 0 Å². The van der Waals surface area contributed by atoms with Gasteiger partial charge in [0.15, 0.2) is 0 Å². The number of rotatable bonds is 4. The first-order valence-electron chi connectivity index (χ1n) is 5.64. The fourth-order valence-corrected chi connectivity index (χ4v) is 3.42. The summed E-state index contributed by atoms with van der Waals surface area (Å²) in [5.41, 5.74) is 8.02. The summed E-state index contributed by atoms with van der Waals surface area (Å²) < 4.78 is 6.43. The maximum Gasteiger partial charge on any atom is 0.139 e. The number of hydrogen-bond donors (Lipinski definition) is 1. The van der Waals surface area contributed by atoms with Crippen molar-refractivity contribution in [3.05, 3.63) is 48.5 Å². The van der Waals surface area contributed by atoms with Gasteiger partial charge in [0.25, 0.3) is 0 Å². The highest BCUT2D eigenvalue weighted by atomic mass is 79.9. The number of nitrogens with two attached hydrogens (primary N) is 1. The van der Waals surface area contributed by atoms with Crippen molar-refractivity contribution < 1.29 is 4.74 Å². The third-order valence-corrected chi connectivity index (χ3v) is 4.78. The van der Waals surface area contributed by atoms with Crippen molar-refractivity contribution in [3.8, 4) is 5.75 Å². The molecule has 0 bridgehead atoms. The van der Waals surface area contributed by atoms with E-state index in [1.807, 2.05) is 18.4 Å². The first kappa shape index (κ1) is 15.1. The van der Waals surface area contributed by atoms with E-state index in [1.54, 1.807) is 23.5 Å². The fraction of sp³-hybridized carbons (Fsp3) is 0.231. The van der Waals surface area contributed by atoms with Crippen LogP contribution in [0.2, 0.25) is 10.0 Å². The molecule has 0 radical (unpaired) electrons. The van der Waals surface area contributed by atoms with Crippen LogP contribution in [0.1, 0.15) is 24.1 Å². The van der Waals surface area contributed by atoms with Crippen LogP contribution in [0.3, 0.4) is 0 Å². The van der Waals surface area contributed by atoms with E-state index < -0.39 is 0 Å². The van der Waals surface area contributed by atoms with E-state index in [0.29, 0.717) is 22.4 Å². The lowest BCUT2D eigenvalue weighted by Crippen LogP contribution is -2.11. The smallest absolute Gasteiger partial charge is 0.139 e. The Hall–Kier alpha value is -0.260. The number of hydrogen-bond acceptors (Lipinski definition) is 3. The van der Waals surface area contributed by atoms with Crippen LogP contribution < -0.4 is 10.5 Å². The average molecular weight is 381 g/mol. The summed E-state index contributed by atoms with van der Waals surface area (Å²) in [6.45, 7) is 2.44. The number of benzene rings is 1. The third kappa shape index (κ3) is 3.44. The van der Waals surface area contributed by atoms with Gasteiger partial charge in [-0.15, -0.1) is 11.3 Å². The summed E-state index contributed by atoms with van der Waals surface area (Å²) in [6.07, 6.45) is 0. The maximum absolute atomic E-state index is 6.26. The molecule has 0 saturated heterocycles. The molecule has 1 heterocycles. The van der Waals surface area contributed by atoms with Crippen molar-refractivity contribution in [2.75, 3.05) is 6.61 Å². The molecule has 1 atom stereocenters. The molecule has 1 aromatic carbocycles. The quantitative estimate of drug-likeness (QED) is 0.784. The standard InChI is InChI=1S/C13H12BrCl2NOS/c1-2-18-11-5-9(15)8(4-10(11)16)13(17)7-3-12(14)19-6-7/h3-6,13H,2,17H2,1H3. The van der Waals surface area contributed by atoms with Crippen LogP contribution in [0.5, 0.6) is 5.75 Å². The van der Waals surface area contributed by atoms with E-state index >= 15 is 0 Å². The lowest BCUT2D eigenvalue weighted by molar-refractivity contribution is 0.340. The summed E-state index contributed by atoms with van der Waals surface area (Å²) >= 11 is 17.4. The Labute approximate surface area is 134 Å². The van der Waals surface area contributed by atoms with Crippen molar-refractivity contribution >= 4 is 50.5 Å². The molecule has 6 heteroatoms. The zero-order valence-electron chi connectivity index (χ0n) is 10.1. The number of ether oxygens (including phenoxy) is 1. The Balaban J connectivity index is 2.37. The minimum atomic E-state index is -0.303. The van der Waals surface area contributed by atoms with E-state index in [9.17, 15) is 0 Å². The van der Waals surface area contributed by atoms with Crippen molar-refractivity contribution in [2.24, 2.45) is 5.73 Å². The molecular formula is C13H12BrCl2NOS. The van der Waals surface area contributed by atoms with E-state index in [0.717, 1.165) is 14.9 Å². The summed E-state index contributed by atoms with van der Waals surface area (Å²) in [4.78, 5) is 0. The zero-order valence-corrected chi connectivity index (χ0v) is 14.0. The van der Waals surface area contributed by atoms with Gasteiger partial charge in [-0.3, -0.25) is 0 Å². The molecule has 2 aromatic rings. The van der Waals surface area contributed by atoms with Crippen LogP contribution in [-0.4, -0.2) is 6.61 Å². The van der Waals surface area contributed by atoms with Crippen molar-refractivity contribution in [1.29, 1.82) is 0 Å². The van der Waals surface area contributed by atoms with Gasteiger partial charge < -0.3 is 10.5 Å². The molecule has 0 aliphatic heterocycles. The van der Waals surface area contributed by atoms with Crippen LogP contribution in [-0.2, 0) is 0 Å². The normalized spacial score (nSPS) is 12.5. The van der Waals surface area contributed by atoms with Crippen LogP contribution in [0.25, 0.3) is 0 Å². The third-order valence-electron chi connectivity index (χ3n) is 2.63. The van der Waals surface area contributed by atoms with Gasteiger partial charge >= 0.3 is 0 Å². The molecule has 102 valence electrons. The van der Waals surface area contributed by atoms with Gasteiger partial charge in [-0.25, -0.2) is 0 Å². The van der Waals surface area contributed by atoms with E-state index in [2.05, 4.69) is 15.9 Å². The molecule has 0 aliphatic rings. The van der Waals surface area contributed by atoms with Crippen LogP contribution in [0, 0.1) is 0 Å².